The van der Waals surface area contributed by atoms with Crippen LogP contribution in [0, 0.1) is 0 Å². The maximum Gasteiger partial charge on any atom is 0.256 e. The highest BCUT2D eigenvalue weighted by atomic mass is 16.5. The van der Waals surface area contributed by atoms with Crippen molar-refractivity contribution < 1.29 is 33.3 Å². The first-order chi connectivity index (χ1) is 22.4. The van der Waals surface area contributed by atoms with Crippen molar-refractivity contribution in [3.05, 3.63) is 77.0 Å². The minimum absolute atomic E-state index is 0.0217. The first-order valence-electron chi connectivity index (χ1n) is 16.0. The third kappa shape index (κ3) is 7.06. The fourth-order valence-corrected chi connectivity index (χ4v) is 5.90. The fourth-order valence-electron chi connectivity index (χ4n) is 5.90. The van der Waals surface area contributed by atoms with Crippen LogP contribution < -0.4 is 18.9 Å². The Hall–Kier alpha value is -4.73. The van der Waals surface area contributed by atoms with Crippen LogP contribution in [0.5, 0.6) is 23.0 Å². The summed E-state index contributed by atoms with van der Waals surface area (Å²) in [6, 6.07) is 9.77. The average molecular weight is 630 g/mol. The number of methoxy groups -OCH3 is 1. The number of piperazine rings is 1. The number of carbonyl (C=O) groups is 2. The number of amides is 1. The van der Waals surface area contributed by atoms with Gasteiger partial charge in [0.25, 0.3) is 5.91 Å². The van der Waals surface area contributed by atoms with Gasteiger partial charge >= 0.3 is 0 Å². The average Bonchev–Trinajstić information content (AvgIpc) is 3.06. The number of nitrogens with zero attached hydrogens (tertiary/aromatic N) is 3. The summed E-state index contributed by atoms with van der Waals surface area (Å²) in [5, 5.41) is 1.59. The summed E-state index contributed by atoms with van der Waals surface area (Å²) in [7, 11) is 1.57. The van der Waals surface area contributed by atoms with Crippen molar-refractivity contribution in [1.29, 1.82) is 0 Å². The highest BCUT2D eigenvalue weighted by Crippen LogP contribution is 2.37. The predicted molar refractivity (Wildman–Crippen MR) is 176 cm³/mol. The summed E-state index contributed by atoms with van der Waals surface area (Å²) < 4.78 is 29.0. The van der Waals surface area contributed by atoms with Crippen molar-refractivity contribution in [3.8, 4) is 23.0 Å². The molecule has 1 saturated heterocycles. The molecular formula is C36H43N3O7. The van der Waals surface area contributed by atoms with Gasteiger partial charge in [0.05, 0.1) is 50.5 Å². The lowest BCUT2D eigenvalue weighted by atomic mass is 9.99. The van der Waals surface area contributed by atoms with Gasteiger partial charge in [-0.05, 0) is 63.6 Å². The minimum atomic E-state index is -0.0923. The normalized spacial score (nSPS) is 14.9. The Balaban J connectivity index is 1.47. The van der Waals surface area contributed by atoms with Crippen LogP contribution in [0.3, 0.4) is 0 Å². The Kier molecular flexibility index (Phi) is 10.7. The first kappa shape index (κ1) is 32.7. The quantitative estimate of drug-likeness (QED) is 0.240. The maximum atomic E-state index is 14.1. The lowest BCUT2D eigenvalue weighted by Gasteiger charge is -2.38. The number of hydrogen-bond acceptors (Lipinski definition) is 9. The largest absolute Gasteiger partial charge is 0.494 e. The van der Waals surface area contributed by atoms with Crippen LogP contribution >= 0.6 is 0 Å². The molecule has 0 bridgehead atoms. The van der Waals surface area contributed by atoms with Crippen molar-refractivity contribution in [2.24, 2.45) is 0 Å². The number of allylic oxidation sites excluding steroid dienone is 2. The number of rotatable bonds is 13. The molecule has 10 heteroatoms. The molecule has 0 radical (unpaired) electrons. The van der Waals surface area contributed by atoms with Crippen molar-refractivity contribution >= 4 is 22.5 Å². The smallest absolute Gasteiger partial charge is 0.256 e. The molecule has 3 aromatic rings. The second kappa shape index (κ2) is 15.0. The molecule has 5 rings (SSSR count). The summed E-state index contributed by atoms with van der Waals surface area (Å²) in [5.41, 5.74) is 3.23. The van der Waals surface area contributed by atoms with Crippen molar-refractivity contribution in [2.75, 3.05) is 59.7 Å². The standard InChI is InChI=1S/C36H43N3O7/c1-6-43-31-13-10-24(19-33(31)44-7-2)18-29-27-22-35(46-9-4)34(45-8-3)21-26(27)28(23-37-29)36(41)39-16-14-38(15-17-39)30-12-11-25(40)20-32(30)42-5/h10,12-13,19-23H,6-9,11,14-18H2,1-5H3. The van der Waals surface area contributed by atoms with Crippen LogP contribution in [-0.4, -0.2) is 86.2 Å². The molecule has 2 aromatic carbocycles. The zero-order chi connectivity index (χ0) is 32.6. The number of ketones is 1. The van der Waals surface area contributed by atoms with E-state index < -0.39 is 0 Å². The summed E-state index contributed by atoms with van der Waals surface area (Å²) in [6.07, 6.45) is 6.00. The van der Waals surface area contributed by atoms with Crippen LogP contribution in [0.15, 0.2) is 60.1 Å². The van der Waals surface area contributed by atoms with Gasteiger partial charge in [0.1, 0.15) is 5.76 Å². The van der Waals surface area contributed by atoms with E-state index in [2.05, 4.69) is 4.90 Å². The van der Waals surface area contributed by atoms with E-state index in [-0.39, 0.29) is 11.7 Å². The van der Waals surface area contributed by atoms with Gasteiger partial charge in [0.2, 0.25) is 0 Å². The Bertz CT molecular complexity index is 1640. The summed E-state index contributed by atoms with van der Waals surface area (Å²) in [6.45, 7) is 12.0. The van der Waals surface area contributed by atoms with Gasteiger partial charge in [-0.2, -0.15) is 0 Å². The third-order valence-corrected chi connectivity index (χ3v) is 8.01. The number of aromatic nitrogens is 1. The molecule has 46 heavy (non-hydrogen) atoms. The van der Waals surface area contributed by atoms with E-state index >= 15 is 0 Å². The van der Waals surface area contributed by atoms with Crippen molar-refractivity contribution in [3.63, 3.8) is 0 Å². The maximum absolute atomic E-state index is 14.1. The molecule has 1 fully saturated rings. The van der Waals surface area contributed by atoms with Crippen LogP contribution in [-0.2, 0) is 16.0 Å². The van der Waals surface area contributed by atoms with Crippen molar-refractivity contribution in [2.45, 2.75) is 40.5 Å². The first-order valence-corrected chi connectivity index (χ1v) is 16.0. The SMILES string of the molecule is CCOc1ccc(Cc2ncc(C(=O)N3CCN(C4=CCC(=O)C=C4OC)CC3)c3cc(OCC)c(OCC)cc23)cc1OCC. The minimum Gasteiger partial charge on any atom is -0.494 e. The van der Waals surface area contributed by atoms with Gasteiger partial charge in [-0.1, -0.05) is 6.07 Å². The topological polar surface area (TPSA) is 99.7 Å². The zero-order valence-corrected chi connectivity index (χ0v) is 27.4. The second-order valence-electron chi connectivity index (χ2n) is 10.9. The van der Waals surface area contributed by atoms with E-state index in [4.69, 9.17) is 28.7 Å². The number of benzene rings is 2. The van der Waals surface area contributed by atoms with Gasteiger partial charge in [-0.15, -0.1) is 0 Å². The third-order valence-electron chi connectivity index (χ3n) is 8.01. The molecule has 1 aliphatic heterocycles. The summed E-state index contributed by atoms with van der Waals surface area (Å²) in [4.78, 5) is 34.9. The molecule has 0 spiro atoms. The van der Waals surface area contributed by atoms with E-state index in [9.17, 15) is 9.59 Å². The van der Waals surface area contributed by atoms with E-state index in [1.807, 2.05) is 69.0 Å². The Morgan fingerprint density at radius 2 is 1.41 bits per heavy atom. The van der Waals surface area contributed by atoms with Crippen LogP contribution in [0.4, 0.5) is 0 Å². The molecule has 1 aromatic heterocycles. The Morgan fingerprint density at radius 3 is 2.04 bits per heavy atom. The molecule has 0 unspecified atom stereocenters. The van der Waals surface area contributed by atoms with E-state index in [0.29, 0.717) is 99.8 Å². The molecule has 244 valence electrons. The van der Waals surface area contributed by atoms with Gasteiger partial charge in [-0.3, -0.25) is 14.6 Å². The molecule has 1 aliphatic carbocycles. The predicted octanol–water partition coefficient (Wildman–Crippen LogP) is 5.57. The second-order valence-corrected chi connectivity index (χ2v) is 10.9. The Morgan fingerprint density at radius 1 is 0.804 bits per heavy atom. The molecular weight excluding hydrogens is 586 g/mol. The summed E-state index contributed by atoms with van der Waals surface area (Å²) in [5.74, 6) is 3.09. The highest BCUT2D eigenvalue weighted by molar-refractivity contribution is 6.08. The monoisotopic (exact) mass is 629 g/mol. The highest BCUT2D eigenvalue weighted by Gasteiger charge is 2.28. The molecule has 10 nitrogen and oxygen atoms in total. The van der Waals surface area contributed by atoms with Gasteiger partial charge in [0.15, 0.2) is 28.8 Å². The molecule has 0 atom stereocenters. The molecule has 2 aliphatic rings. The van der Waals surface area contributed by atoms with Crippen LogP contribution in [0.25, 0.3) is 10.8 Å². The van der Waals surface area contributed by atoms with Gasteiger partial charge < -0.3 is 33.5 Å². The molecule has 1 amide bonds. The lowest BCUT2D eigenvalue weighted by molar-refractivity contribution is -0.114. The number of hydrogen-bond donors (Lipinski definition) is 0. The fraction of sp³-hybridized carbons (Fsp3) is 0.417. The summed E-state index contributed by atoms with van der Waals surface area (Å²) >= 11 is 0. The zero-order valence-electron chi connectivity index (χ0n) is 27.4. The van der Waals surface area contributed by atoms with Crippen molar-refractivity contribution in [1.82, 2.24) is 14.8 Å². The van der Waals surface area contributed by atoms with E-state index in [0.717, 1.165) is 27.7 Å². The molecule has 0 saturated carbocycles. The van der Waals surface area contributed by atoms with Crippen LogP contribution in [0.2, 0.25) is 0 Å². The van der Waals surface area contributed by atoms with Crippen LogP contribution in [0.1, 0.15) is 55.7 Å². The number of pyridine rings is 1. The van der Waals surface area contributed by atoms with E-state index in [1.54, 1.807) is 19.4 Å². The lowest BCUT2D eigenvalue weighted by Crippen LogP contribution is -2.48. The number of fused-ring (bicyclic) bond motifs is 1. The number of carbonyl (C=O) groups excluding carboxylic acids is 2. The Labute approximate surface area is 270 Å². The van der Waals surface area contributed by atoms with E-state index in [1.165, 1.54) is 0 Å². The molecule has 0 N–H and O–H groups in total. The van der Waals surface area contributed by atoms with Gasteiger partial charge in [0, 0.05) is 62.1 Å². The van der Waals surface area contributed by atoms with Gasteiger partial charge in [-0.25, -0.2) is 0 Å². The molecule has 2 heterocycles. The number of ether oxygens (including phenoxy) is 5.